The van der Waals surface area contributed by atoms with Crippen molar-refractivity contribution >= 4 is 22.6 Å². The number of hydrogen-bond acceptors (Lipinski definition) is 5. The third kappa shape index (κ3) is 4.20. The Hall–Kier alpha value is -3.71. The number of aryl methyl sites for hydroxylation is 1. The van der Waals surface area contributed by atoms with Gasteiger partial charge in [-0.2, -0.15) is 0 Å². The number of nitrogens with one attached hydrogen (secondary N) is 1. The molecule has 0 saturated carbocycles. The molecule has 1 amide bonds. The highest BCUT2D eigenvalue weighted by atomic mass is 16.5. The Morgan fingerprint density at radius 1 is 1.16 bits per heavy atom. The molecular formula is C25H25N5O2. The molecule has 5 rings (SSSR count). The lowest BCUT2D eigenvalue weighted by atomic mass is 10.1. The van der Waals surface area contributed by atoms with Crippen LogP contribution in [0.2, 0.25) is 0 Å². The molecule has 162 valence electrons. The number of aromatic amines is 1. The first-order valence-corrected chi connectivity index (χ1v) is 10.8. The summed E-state index contributed by atoms with van der Waals surface area (Å²) in [6.45, 7) is 1.60. The second kappa shape index (κ2) is 8.80. The number of anilines is 1. The predicted molar refractivity (Wildman–Crippen MR) is 124 cm³/mol. The molecule has 32 heavy (non-hydrogen) atoms. The Bertz CT molecular complexity index is 1230. The molecule has 1 aromatic carbocycles. The fourth-order valence-electron chi connectivity index (χ4n) is 4.14. The molecule has 0 bridgehead atoms. The summed E-state index contributed by atoms with van der Waals surface area (Å²) < 4.78 is 5.97. The fourth-order valence-corrected chi connectivity index (χ4v) is 4.14. The van der Waals surface area contributed by atoms with Crippen molar-refractivity contribution in [3.63, 3.8) is 0 Å². The summed E-state index contributed by atoms with van der Waals surface area (Å²) >= 11 is 0. The lowest BCUT2D eigenvalue weighted by Gasteiger charge is -2.33. The van der Waals surface area contributed by atoms with Gasteiger partial charge < -0.3 is 20.4 Å². The molecule has 0 radical (unpaired) electrons. The minimum Gasteiger partial charge on any atom is -0.384 e. The van der Waals surface area contributed by atoms with Gasteiger partial charge in [0.15, 0.2) is 0 Å². The summed E-state index contributed by atoms with van der Waals surface area (Å²) in [5.74, 6) is 0.616. The summed E-state index contributed by atoms with van der Waals surface area (Å²) in [6, 6.07) is 17.7. The molecule has 0 unspecified atom stereocenters. The zero-order chi connectivity index (χ0) is 21.9. The lowest BCUT2D eigenvalue weighted by Crippen LogP contribution is -2.42. The number of ether oxygens (including phenoxy) is 1. The van der Waals surface area contributed by atoms with Crippen LogP contribution >= 0.6 is 0 Å². The Balaban J connectivity index is 1.25. The molecule has 0 aliphatic carbocycles. The molecule has 7 nitrogen and oxygen atoms in total. The number of carbonyl (C=O) groups is 1. The van der Waals surface area contributed by atoms with Crippen LogP contribution in [0.1, 0.15) is 23.8 Å². The van der Waals surface area contributed by atoms with E-state index < -0.39 is 0 Å². The van der Waals surface area contributed by atoms with E-state index in [0.29, 0.717) is 38.4 Å². The maximum absolute atomic E-state index is 12.9. The fraction of sp³-hybridized carbons (Fsp3) is 0.240. The number of benzene rings is 1. The van der Waals surface area contributed by atoms with Crippen molar-refractivity contribution in [3.8, 4) is 11.3 Å². The predicted octanol–water partition coefficient (Wildman–Crippen LogP) is 3.74. The number of fused-ring (bicyclic) bond motifs is 1. The number of hydrogen-bond donors (Lipinski definition) is 2. The third-order valence-corrected chi connectivity index (χ3v) is 5.88. The van der Waals surface area contributed by atoms with Crippen molar-refractivity contribution in [2.45, 2.75) is 18.9 Å². The van der Waals surface area contributed by atoms with E-state index in [-0.39, 0.29) is 12.0 Å². The van der Waals surface area contributed by atoms with Gasteiger partial charge in [0.05, 0.1) is 24.5 Å². The molecular weight excluding hydrogens is 402 g/mol. The van der Waals surface area contributed by atoms with E-state index in [0.717, 1.165) is 22.5 Å². The van der Waals surface area contributed by atoms with E-state index >= 15 is 0 Å². The van der Waals surface area contributed by atoms with Crippen molar-refractivity contribution in [1.82, 2.24) is 19.9 Å². The Morgan fingerprint density at radius 2 is 2.06 bits per heavy atom. The highest BCUT2D eigenvalue weighted by Gasteiger charge is 2.26. The number of aromatic nitrogens is 3. The number of H-pyrrole nitrogens is 1. The van der Waals surface area contributed by atoms with Crippen molar-refractivity contribution in [3.05, 3.63) is 78.2 Å². The molecule has 7 heteroatoms. The summed E-state index contributed by atoms with van der Waals surface area (Å²) in [7, 11) is 0. The first kappa shape index (κ1) is 20.2. The quantitative estimate of drug-likeness (QED) is 0.506. The van der Waals surface area contributed by atoms with Gasteiger partial charge in [-0.15, -0.1) is 0 Å². The van der Waals surface area contributed by atoms with Crippen molar-refractivity contribution in [2.24, 2.45) is 0 Å². The zero-order valence-corrected chi connectivity index (χ0v) is 17.7. The highest BCUT2D eigenvalue weighted by Crippen LogP contribution is 2.25. The van der Waals surface area contributed by atoms with Crippen LogP contribution in [-0.4, -0.2) is 45.5 Å². The Labute approximate surface area is 186 Å². The van der Waals surface area contributed by atoms with Gasteiger partial charge in [0, 0.05) is 41.8 Å². The molecule has 4 aromatic rings. The average molecular weight is 428 g/mol. The van der Waals surface area contributed by atoms with Gasteiger partial charge in [0.25, 0.3) is 0 Å². The van der Waals surface area contributed by atoms with Crippen LogP contribution in [-0.2, 0) is 16.0 Å². The second-order valence-corrected chi connectivity index (χ2v) is 7.98. The average Bonchev–Trinajstić information content (AvgIpc) is 3.26. The molecule has 3 aromatic heterocycles. The van der Waals surface area contributed by atoms with E-state index in [9.17, 15) is 4.79 Å². The van der Waals surface area contributed by atoms with Gasteiger partial charge in [-0.3, -0.25) is 4.79 Å². The topological polar surface area (TPSA) is 97.1 Å². The van der Waals surface area contributed by atoms with E-state index in [1.54, 1.807) is 12.3 Å². The summed E-state index contributed by atoms with van der Waals surface area (Å²) in [4.78, 5) is 27.0. The Morgan fingerprint density at radius 3 is 2.94 bits per heavy atom. The van der Waals surface area contributed by atoms with Crippen molar-refractivity contribution < 1.29 is 9.53 Å². The standard InChI is InChI=1S/C25H25N5O2/c26-24-10-8-18(15-28-24)20-6-3-7-22(29-20)23-16-30(12-13-32-23)25(31)11-9-17-14-27-21-5-2-1-4-19(17)21/h1-8,10,14-15,23,27H,9,11-13,16H2,(H2,26,28)/t23-/m0/s1. The molecule has 3 N–H and O–H groups in total. The second-order valence-electron chi connectivity index (χ2n) is 7.98. The van der Waals surface area contributed by atoms with Gasteiger partial charge in [-0.25, -0.2) is 9.97 Å². The summed E-state index contributed by atoms with van der Waals surface area (Å²) in [5.41, 5.74) is 10.5. The van der Waals surface area contributed by atoms with Crippen LogP contribution < -0.4 is 5.73 Å². The SMILES string of the molecule is Nc1ccc(-c2cccc([C@@H]3CN(C(=O)CCc4c[nH]c5ccccc45)CCO3)n2)cn1. The van der Waals surface area contributed by atoms with Crippen molar-refractivity contribution in [2.75, 3.05) is 25.4 Å². The molecule has 0 spiro atoms. The van der Waals surface area contributed by atoms with Crippen molar-refractivity contribution in [1.29, 1.82) is 0 Å². The van der Waals surface area contributed by atoms with Crippen LogP contribution in [0.4, 0.5) is 5.82 Å². The van der Waals surface area contributed by atoms with Crippen LogP contribution in [0.5, 0.6) is 0 Å². The lowest BCUT2D eigenvalue weighted by molar-refractivity contribution is -0.139. The van der Waals surface area contributed by atoms with Gasteiger partial charge in [-0.1, -0.05) is 24.3 Å². The first-order valence-electron chi connectivity index (χ1n) is 10.8. The molecule has 1 atom stereocenters. The minimum atomic E-state index is -0.248. The van der Waals surface area contributed by atoms with Crippen LogP contribution in [0.25, 0.3) is 22.2 Å². The third-order valence-electron chi connectivity index (χ3n) is 5.88. The molecule has 1 fully saturated rings. The molecule has 1 aliphatic heterocycles. The van der Waals surface area contributed by atoms with Gasteiger partial charge in [0.1, 0.15) is 11.9 Å². The minimum absolute atomic E-state index is 0.141. The normalized spacial score (nSPS) is 16.4. The van der Waals surface area contributed by atoms with E-state index in [4.69, 9.17) is 15.5 Å². The number of nitrogens with zero attached hydrogens (tertiary/aromatic N) is 3. The number of carbonyl (C=O) groups excluding carboxylic acids is 1. The summed E-state index contributed by atoms with van der Waals surface area (Å²) in [6.07, 6.45) is 4.65. The molecule has 4 heterocycles. The number of nitrogen functional groups attached to an aromatic ring is 1. The highest BCUT2D eigenvalue weighted by molar-refractivity contribution is 5.84. The number of morpholine rings is 1. The monoisotopic (exact) mass is 427 g/mol. The largest absolute Gasteiger partial charge is 0.384 e. The maximum atomic E-state index is 12.9. The van der Waals surface area contributed by atoms with E-state index in [1.165, 1.54) is 10.9 Å². The van der Waals surface area contributed by atoms with Crippen LogP contribution in [0.3, 0.4) is 0 Å². The first-order chi connectivity index (χ1) is 15.7. The van der Waals surface area contributed by atoms with Gasteiger partial charge in [0.2, 0.25) is 5.91 Å². The number of pyridine rings is 2. The van der Waals surface area contributed by atoms with Crippen LogP contribution in [0, 0.1) is 0 Å². The number of para-hydroxylation sites is 1. The van der Waals surface area contributed by atoms with E-state index in [1.807, 2.05) is 47.5 Å². The van der Waals surface area contributed by atoms with E-state index in [2.05, 4.69) is 22.1 Å². The maximum Gasteiger partial charge on any atom is 0.223 e. The number of rotatable bonds is 5. The number of nitrogens with two attached hydrogens (primary N) is 1. The van der Waals surface area contributed by atoms with Gasteiger partial charge in [-0.05, 0) is 42.3 Å². The Kier molecular flexibility index (Phi) is 5.56. The van der Waals surface area contributed by atoms with Crippen LogP contribution in [0.15, 0.2) is 67.0 Å². The smallest absolute Gasteiger partial charge is 0.223 e. The van der Waals surface area contributed by atoms with Gasteiger partial charge >= 0.3 is 0 Å². The number of amides is 1. The molecule has 1 saturated heterocycles. The molecule has 1 aliphatic rings. The zero-order valence-electron chi connectivity index (χ0n) is 17.7. The summed E-state index contributed by atoms with van der Waals surface area (Å²) in [5, 5.41) is 1.18.